The molecule has 5 rings (SSSR count). The fourth-order valence-electron chi connectivity index (χ4n) is 3.59. The lowest BCUT2D eigenvalue weighted by molar-refractivity contribution is 0.0676. The van der Waals surface area contributed by atoms with Gasteiger partial charge >= 0.3 is 0 Å². The molecule has 3 aromatic heterocycles. The molecule has 0 radical (unpaired) electrons. The first-order valence-electron chi connectivity index (χ1n) is 9.33. The molecule has 0 spiro atoms. The fourth-order valence-corrected chi connectivity index (χ4v) is 3.59. The number of amides is 1. The third-order valence-electron chi connectivity index (χ3n) is 4.94. The maximum atomic E-state index is 13.0. The lowest BCUT2D eigenvalue weighted by atomic mass is 10.2. The molecule has 0 fully saturated rings. The summed E-state index contributed by atoms with van der Waals surface area (Å²) in [6, 6.07) is 15.3. The molecule has 9 heteroatoms. The lowest BCUT2D eigenvalue weighted by Gasteiger charge is -2.32. The van der Waals surface area contributed by atoms with Crippen LogP contribution in [0, 0.1) is 0 Å². The van der Waals surface area contributed by atoms with Gasteiger partial charge in [-0.25, -0.2) is 4.68 Å². The van der Waals surface area contributed by atoms with Crippen LogP contribution < -0.4 is 0 Å². The fraction of sp³-hybridized carbons (Fsp3) is 0.200. The van der Waals surface area contributed by atoms with E-state index in [2.05, 4.69) is 25.5 Å². The van der Waals surface area contributed by atoms with Crippen molar-refractivity contribution in [3.63, 3.8) is 0 Å². The van der Waals surface area contributed by atoms with Gasteiger partial charge in [-0.15, -0.1) is 15.3 Å². The van der Waals surface area contributed by atoms with Crippen LogP contribution in [0.3, 0.4) is 0 Å². The first-order valence-corrected chi connectivity index (χ1v) is 9.33. The van der Waals surface area contributed by atoms with Gasteiger partial charge < -0.3 is 9.47 Å². The van der Waals surface area contributed by atoms with Crippen LogP contribution in [-0.2, 0) is 6.54 Å². The summed E-state index contributed by atoms with van der Waals surface area (Å²) in [7, 11) is 0. The van der Waals surface area contributed by atoms with Crippen LogP contribution in [0.15, 0.2) is 60.9 Å². The van der Waals surface area contributed by atoms with Gasteiger partial charge in [0.05, 0.1) is 24.5 Å². The first kappa shape index (κ1) is 17.2. The summed E-state index contributed by atoms with van der Waals surface area (Å²) in [4.78, 5) is 19.1. The lowest BCUT2D eigenvalue weighted by Crippen LogP contribution is -2.40. The molecule has 0 N–H and O–H groups in total. The Morgan fingerprint density at radius 3 is 2.66 bits per heavy atom. The first-order chi connectivity index (χ1) is 14.2. The van der Waals surface area contributed by atoms with E-state index < -0.39 is 0 Å². The molecule has 144 valence electrons. The number of rotatable bonds is 3. The number of carbonyl (C=O) groups excluding carboxylic acids is 1. The van der Waals surface area contributed by atoms with Crippen LogP contribution in [0.5, 0.6) is 0 Å². The molecular formula is C20H18N8O. The predicted octanol–water partition coefficient (Wildman–Crippen LogP) is 2.14. The highest BCUT2D eigenvalue weighted by Gasteiger charge is 2.31. The molecule has 1 atom stereocenters. The minimum Gasteiger partial charge on any atom is -0.328 e. The van der Waals surface area contributed by atoms with Crippen molar-refractivity contribution in [1.82, 2.24) is 39.6 Å². The SMILES string of the molecule is C[C@H]1CN(C(=O)c2cn(-c3ccccc3)nn2)Cc2nnc(-c3ccccn3)n21. The number of pyridine rings is 1. The Labute approximate surface area is 166 Å². The predicted molar refractivity (Wildman–Crippen MR) is 104 cm³/mol. The summed E-state index contributed by atoms with van der Waals surface area (Å²) in [6.45, 7) is 2.93. The maximum absolute atomic E-state index is 13.0. The molecule has 1 amide bonds. The monoisotopic (exact) mass is 386 g/mol. The minimum absolute atomic E-state index is 0.0128. The second-order valence-electron chi connectivity index (χ2n) is 6.94. The van der Waals surface area contributed by atoms with Crippen LogP contribution in [0.2, 0.25) is 0 Å². The molecule has 0 bridgehead atoms. The zero-order chi connectivity index (χ0) is 19.8. The van der Waals surface area contributed by atoms with Crippen LogP contribution in [0.25, 0.3) is 17.2 Å². The third kappa shape index (κ3) is 3.06. The van der Waals surface area contributed by atoms with Crippen molar-refractivity contribution < 1.29 is 4.79 Å². The Balaban J connectivity index is 1.40. The van der Waals surface area contributed by atoms with E-state index in [0.717, 1.165) is 23.0 Å². The van der Waals surface area contributed by atoms with E-state index in [1.165, 1.54) is 0 Å². The Kier molecular flexibility index (Phi) is 4.12. The summed E-state index contributed by atoms with van der Waals surface area (Å²) in [5.74, 6) is 1.27. The standard InChI is InChI=1S/C20H18N8O/c1-14-11-26(13-18-23-24-19(28(14)18)16-9-5-6-10-21-16)20(29)17-12-27(25-22-17)15-7-3-2-4-8-15/h2-10,12,14H,11,13H2,1H3/t14-/m0/s1. The molecular weight excluding hydrogens is 368 g/mol. The molecule has 0 aliphatic carbocycles. The van der Waals surface area contributed by atoms with Gasteiger partial charge in [-0.1, -0.05) is 29.5 Å². The number of para-hydroxylation sites is 1. The molecule has 0 saturated heterocycles. The van der Waals surface area contributed by atoms with Crippen molar-refractivity contribution in [3.05, 3.63) is 72.4 Å². The Hall–Kier alpha value is -3.88. The van der Waals surface area contributed by atoms with E-state index in [9.17, 15) is 4.79 Å². The number of benzene rings is 1. The van der Waals surface area contributed by atoms with Crippen molar-refractivity contribution >= 4 is 5.91 Å². The average molecular weight is 386 g/mol. The normalized spacial score (nSPS) is 15.9. The van der Waals surface area contributed by atoms with Crippen molar-refractivity contribution in [2.45, 2.75) is 19.5 Å². The molecule has 0 saturated carbocycles. The molecule has 1 aliphatic rings. The summed E-state index contributed by atoms with van der Waals surface area (Å²) in [5.41, 5.74) is 1.92. The number of hydrogen-bond acceptors (Lipinski definition) is 6. The molecule has 1 aromatic carbocycles. The highest BCUT2D eigenvalue weighted by molar-refractivity contribution is 5.92. The van der Waals surface area contributed by atoms with E-state index in [-0.39, 0.29) is 11.9 Å². The van der Waals surface area contributed by atoms with Gasteiger partial charge in [-0.2, -0.15) is 0 Å². The van der Waals surface area contributed by atoms with Crippen LogP contribution in [0.1, 0.15) is 29.3 Å². The van der Waals surface area contributed by atoms with E-state index in [0.29, 0.717) is 18.8 Å². The van der Waals surface area contributed by atoms with Gasteiger partial charge in [0.15, 0.2) is 17.3 Å². The largest absolute Gasteiger partial charge is 0.328 e. The van der Waals surface area contributed by atoms with E-state index in [1.807, 2.05) is 60.0 Å². The molecule has 1 aliphatic heterocycles. The zero-order valence-corrected chi connectivity index (χ0v) is 15.8. The Morgan fingerprint density at radius 1 is 1.03 bits per heavy atom. The topological polar surface area (TPSA) is 94.6 Å². The van der Waals surface area contributed by atoms with Gasteiger partial charge in [0, 0.05) is 12.7 Å². The van der Waals surface area contributed by atoms with Crippen LogP contribution in [-0.4, -0.2) is 52.1 Å². The van der Waals surface area contributed by atoms with Gasteiger partial charge in [0.1, 0.15) is 5.69 Å². The number of fused-ring (bicyclic) bond motifs is 1. The minimum atomic E-state index is -0.173. The van der Waals surface area contributed by atoms with Crippen molar-refractivity contribution in [2.75, 3.05) is 6.54 Å². The zero-order valence-electron chi connectivity index (χ0n) is 15.8. The highest BCUT2D eigenvalue weighted by atomic mass is 16.2. The number of aromatic nitrogens is 7. The number of nitrogens with zero attached hydrogens (tertiary/aromatic N) is 8. The molecule has 4 heterocycles. The smallest absolute Gasteiger partial charge is 0.276 e. The molecule has 0 unspecified atom stereocenters. The summed E-state index contributed by atoms with van der Waals surface area (Å²) in [6.07, 6.45) is 3.39. The van der Waals surface area contributed by atoms with Gasteiger partial charge in [-0.3, -0.25) is 9.78 Å². The van der Waals surface area contributed by atoms with Crippen molar-refractivity contribution in [2.24, 2.45) is 0 Å². The molecule has 29 heavy (non-hydrogen) atoms. The second-order valence-corrected chi connectivity index (χ2v) is 6.94. The average Bonchev–Trinajstić information content (AvgIpc) is 3.42. The third-order valence-corrected chi connectivity index (χ3v) is 4.94. The summed E-state index contributed by atoms with van der Waals surface area (Å²) < 4.78 is 3.65. The Bertz CT molecular complexity index is 1150. The highest BCUT2D eigenvalue weighted by Crippen LogP contribution is 2.27. The van der Waals surface area contributed by atoms with Crippen molar-refractivity contribution in [1.29, 1.82) is 0 Å². The summed E-state index contributed by atoms with van der Waals surface area (Å²) >= 11 is 0. The molecule has 9 nitrogen and oxygen atoms in total. The van der Waals surface area contributed by atoms with Gasteiger partial charge in [0.2, 0.25) is 0 Å². The number of carbonyl (C=O) groups is 1. The quantitative estimate of drug-likeness (QED) is 0.535. The van der Waals surface area contributed by atoms with Gasteiger partial charge in [0.25, 0.3) is 5.91 Å². The number of hydrogen-bond donors (Lipinski definition) is 0. The maximum Gasteiger partial charge on any atom is 0.276 e. The van der Waals surface area contributed by atoms with Crippen LogP contribution in [0.4, 0.5) is 0 Å². The van der Waals surface area contributed by atoms with Gasteiger partial charge in [-0.05, 0) is 31.2 Å². The van der Waals surface area contributed by atoms with E-state index in [1.54, 1.807) is 22.0 Å². The Morgan fingerprint density at radius 2 is 1.86 bits per heavy atom. The second kappa shape index (κ2) is 6.93. The van der Waals surface area contributed by atoms with Crippen LogP contribution >= 0.6 is 0 Å². The molecule has 4 aromatic rings. The van der Waals surface area contributed by atoms with E-state index >= 15 is 0 Å². The van der Waals surface area contributed by atoms with Crippen molar-refractivity contribution in [3.8, 4) is 17.2 Å². The van der Waals surface area contributed by atoms with E-state index in [4.69, 9.17) is 0 Å². The summed E-state index contributed by atoms with van der Waals surface area (Å²) in [5, 5.41) is 16.8.